The Labute approximate surface area is 109 Å². The predicted octanol–water partition coefficient (Wildman–Crippen LogP) is 0.745. The van der Waals surface area contributed by atoms with Crippen LogP contribution in [0.25, 0.3) is 0 Å². The Balaban J connectivity index is 1.81. The highest BCUT2D eigenvalue weighted by Crippen LogP contribution is 2.42. The van der Waals surface area contributed by atoms with E-state index in [-0.39, 0.29) is 5.41 Å². The van der Waals surface area contributed by atoms with Crippen LogP contribution >= 0.6 is 0 Å². The van der Waals surface area contributed by atoms with Gasteiger partial charge < -0.3 is 20.4 Å². The molecule has 1 saturated carbocycles. The quantitative estimate of drug-likeness (QED) is 0.784. The molecule has 0 aliphatic heterocycles. The Bertz CT molecular complexity index is 388. The van der Waals surface area contributed by atoms with Gasteiger partial charge in [-0.2, -0.15) is 0 Å². The molecule has 1 aromatic heterocycles. The monoisotopic (exact) mass is 252 g/mol. The second-order valence-electron chi connectivity index (χ2n) is 5.61. The highest BCUT2D eigenvalue weighted by molar-refractivity contribution is 5.04. The number of imidazole rings is 1. The summed E-state index contributed by atoms with van der Waals surface area (Å²) in [6.07, 6.45) is 5.34. The molecule has 1 aromatic rings. The number of ether oxygens (including phenoxy) is 1. The molecular formula is C13H24N4O. The minimum Gasteiger partial charge on any atom is -0.381 e. The van der Waals surface area contributed by atoms with Crippen molar-refractivity contribution in [1.82, 2.24) is 14.9 Å². The first kappa shape index (κ1) is 13.5. The number of methoxy groups -OCH3 is 1. The van der Waals surface area contributed by atoms with Crippen molar-refractivity contribution in [2.24, 2.45) is 11.1 Å². The van der Waals surface area contributed by atoms with Gasteiger partial charge in [0.1, 0.15) is 0 Å². The second kappa shape index (κ2) is 5.38. The molecular weight excluding hydrogens is 228 g/mol. The fraction of sp³-hybridized carbons (Fsp3) is 0.769. The molecule has 0 aromatic carbocycles. The van der Waals surface area contributed by atoms with Crippen molar-refractivity contribution in [2.75, 3.05) is 13.7 Å². The van der Waals surface area contributed by atoms with Crippen LogP contribution in [0, 0.1) is 5.41 Å². The first-order chi connectivity index (χ1) is 8.57. The van der Waals surface area contributed by atoms with Crippen LogP contribution in [0.2, 0.25) is 0 Å². The Hall–Kier alpha value is -0.910. The number of nitrogens with two attached hydrogens (primary N) is 1. The molecule has 3 N–H and O–H groups in total. The molecule has 2 atom stereocenters. The Morgan fingerprint density at radius 2 is 2.39 bits per heavy atom. The molecule has 1 heterocycles. The van der Waals surface area contributed by atoms with E-state index in [0.29, 0.717) is 18.7 Å². The lowest BCUT2D eigenvalue weighted by atomic mass is 9.64. The van der Waals surface area contributed by atoms with Gasteiger partial charge in [-0.1, -0.05) is 13.8 Å². The van der Waals surface area contributed by atoms with Crippen LogP contribution in [-0.2, 0) is 17.8 Å². The molecule has 1 aliphatic rings. The highest BCUT2D eigenvalue weighted by atomic mass is 16.5. The van der Waals surface area contributed by atoms with Crippen LogP contribution in [0.4, 0.5) is 0 Å². The lowest BCUT2D eigenvalue weighted by Crippen LogP contribution is -2.60. The summed E-state index contributed by atoms with van der Waals surface area (Å²) in [7, 11) is 1.79. The summed E-state index contributed by atoms with van der Waals surface area (Å²) < 4.78 is 7.47. The minimum absolute atomic E-state index is 0.203. The van der Waals surface area contributed by atoms with E-state index in [1.807, 2.05) is 10.9 Å². The Morgan fingerprint density at radius 3 is 3.00 bits per heavy atom. The summed E-state index contributed by atoms with van der Waals surface area (Å²) >= 11 is 0. The smallest absolute Gasteiger partial charge is 0.0950 e. The van der Waals surface area contributed by atoms with Crippen molar-refractivity contribution in [2.45, 2.75) is 45.5 Å². The van der Waals surface area contributed by atoms with Crippen LogP contribution in [0.3, 0.4) is 0 Å². The van der Waals surface area contributed by atoms with Crippen molar-refractivity contribution in [3.63, 3.8) is 0 Å². The van der Waals surface area contributed by atoms with Crippen molar-refractivity contribution in [3.8, 4) is 0 Å². The molecule has 5 heteroatoms. The van der Waals surface area contributed by atoms with Gasteiger partial charge in [-0.05, 0) is 6.42 Å². The third-order valence-electron chi connectivity index (χ3n) is 4.07. The molecule has 5 nitrogen and oxygen atoms in total. The zero-order valence-electron chi connectivity index (χ0n) is 11.5. The molecule has 2 rings (SSSR count). The summed E-state index contributed by atoms with van der Waals surface area (Å²) in [5, 5.41) is 3.56. The molecule has 0 amide bonds. The Morgan fingerprint density at radius 1 is 1.61 bits per heavy atom. The van der Waals surface area contributed by atoms with Crippen molar-refractivity contribution < 1.29 is 4.74 Å². The number of rotatable bonds is 6. The number of hydrogen-bond donors (Lipinski definition) is 2. The topological polar surface area (TPSA) is 65.1 Å². The average molecular weight is 252 g/mol. The van der Waals surface area contributed by atoms with Gasteiger partial charge in [0.05, 0.1) is 18.1 Å². The van der Waals surface area contributed by atoms with E-state index >= 15 is 0 Å². The van der Waals surface area contributed by atoms with E-state index in [0.717, 1.165) is 25.2 Å². The van der Waals surface area contributed by atoms with Crippen LogP contribution in [0.15, 0.2) is 12.5 Å². The number of nitrogens with one attached hydrogen (secondary N) is 1. The van der Waals surface area contributed by atoms with Gasteiger partial charge in [-0.15, -0.1) is 0 Å². The first-order valence-electron chi connectivity index (χ1n) is 6.54. The summed E-state index contributed by atoms with van der Waals surface area (Å²) in [4.78, 5) is 4.37. The molecule has 0 radical (unpaired) electrons. The van der Waals surface area contributed by atoms with Gasteiger partial charge in [-0.25, -0.2) is 4.98 Å². The standard InChI is InChI=1S/C13H24N4O/c1-13(2)11(6-12(13)18-3)15-7-10-8-17(5-4-14)9-16-10/h8-9,11-12,15H,4-7,14H2,1-3H3. The largest absolute Gasteiger partial charge is 0.381 e. The first-order valence-corrected chi connectivity index (χ1v) is 6.54. The van der Waals surface area contributed by atoms with E-state index < -0.39 is 0 Å². The fourth-order valence-corrected chi connectivity index (χ4v) is 2.63. The van der Waals surface area contributed by atoms with E-state index in [2.05, 4.69) is 30.3 Å². The molecule has 0 bridgehead atoms. The molecule has 18 heavy (non-hydrogen) atoms. The lowest BCUT2D eigenvalue weighted by molar-refractivity contribution is -0.0979. The van der Waals surface area contributed by atoms with Crippen molar-refractivity contribution >= 4 is 0 Å². The average Bonchev–Trinajstić information content (AvgIpc) is 2.76. The van der Waals surface area contributed by atoms with Gasteiger partial charge in [0.25, 0.3) is 0 Å². The molecule has 1 aliphatic carbocycles. The van der Waals surface area contributed by atoms with E-state index in [9.17, 15) is 0 Å². The summed E-state index contributed by atoms with van der Waals surface area (Å²) in [6.45, 7) is 6.77. The number of aromatic nitrogens is 2. The van der Waals surface area contributed by atoms with Gasteiger partial charge in [0, 0.05) is 44.4 Å². The van der Waals surface area contributed by atoms with Gasteiger partial charge >= 0.3 is 0 Å². The SMILES string of the molecule is COC1CC(NCc2cn(CCN)cn2)C1(C)C. The van der Waals surface area contributed by atoms with E-state index in [1.54, 1.807) is 7.11 Å². The minimum atomic E-state index is 0.203. The third kappa shape index (κ3) is 2.58. The zero-order chi connectivity index (χ0) is 13.2. The second-order valence-corrected chi connectivity index (χ2v) is 5.61. The summed E-state index contributed by atoms with van der Waals surface area (Å²) in [5.41, 5.74) is 6.78. The molecule has 2 unspecified atom stereocenters. The normalized spacial score (nSPS) is 26.0. The molecule has 102 valence electrons. The van der Waals surface area contributed by atoms with Crippen LogP contribution < -0.4 is 11.1 Å². The van der Waals surface area contributed by atoms with Crippen LogP contribution in [0.5, 0.6) is 0 Å². The molecule has 0 spiro atoms. The van der Waals surface area contributed by atoms with Gasteiger partial charge in [-0.3, -0.25) is 0 Å². The maximum Gasteiger partial charge on any atom is 0.0950 e. The lowest BCUT2D eigenvalue weighted by Gasteiger charge is -2.51. The van der Waals surface area contributed by atoms with Crippen LogP contribution in [0.1, 0.15) is 26.0 Å². The summed E-state index contributed by atoms with van der Waals surface area (Å²) in [5.74, 6) is 0. The van der Waals surface area contributed by atoms with E-state index in [4.69, 9.17) is 10.5 Å². The van der Waals surface area contributed by atoms with Crippen molar-refractivity contribution in [1.29, 1.82) is 0 Å². The molecule has 0 saturated heterocycles. The molecule has 1 fully saturated rings. The number of nitrogens with zero attached hydrogens (tertiary/aromatic N) is 2. The van der Waals surface area contributed by atoms with Crippen molar-refractivity contribution in [3.05, 3.63) is 18.2 Å². The Kier molecular flexibility index (Phi) is 4.04. The summed E-state index contributed by atoms with van der Waals surface area (Å²) in [6, 6.07) is 0.502. The van der Waals surface area contributed by atoms with Gasteiger partial charge in [0.15, 0.2) is 0 Å². The predicted molar refractivity (Wildman–Crippen MR) is 71.1 cm³/mol. The fourth-order valence-electron chi connectivity index (χ4n) is 2.63. The highest BCUT2D eigenvalue weighted by Gasteiger charge is 2.48. The van der Waals surface area contributed by atoms with Crippen LogP contribution in [-0.4, -0.2) is 35.4 Å². The maximum absolute atomic E-state index is 5.51. The maximum atomic E-state index is 5.51. The number of hydrogen-bond acceptors (Lipinski definition) is 4. The van der Waals surface area contributed by atoms with Gasteiger partial charge in [0.2, 0.25) is 0 Å². The zero-order valence-corrected chi connectivity index (χ0v) is 11.5. The third-order valence-corrected chi connectivity index (χ3v) is 4.07. The van der Waals surface area contributed by atoms with E-state index in [1.165, 1.54) is 0 Å².